The number of carbonyl (C=O) groups is 1. The van der Waals surface area contributed by atoms with Crippen molar-refractivity contribution in [2.75, 3.05) is 19.6 Å². The van der Waals surface area contributed by atoms with Crippen LogP contribution in [0.2, 0.25) is 0 Å². The van der Waals surface area contributed by atoms with Crippen LogP contribution in [0.5, 0.6) is 0 Å². The van der Waals surface area contributed by atoms with Crippen LogP contribution in [0.1, 0.15) is 55.5 Å². The number of hydrogen-bond acceptors (Lipinski definition) is 3. The Morgan fingerprint density at radius 2 is 2.04 bits per heavy atom. The first-order valence-electron chi connectivity index (χ1n) is 9.14. The third-order valence-corrected chi connectivity index (χ3v) is 5.61. The summed E-state index contributed by atoms with van der Waals surface area (Å²) >= 11 is 0. The van der Waals surface area contributed by atoms with Gasteiger partial charge in [0.15, 0.2) is 0 Å². The van der Waals surface area contributed by atoms with E-state index in [4.69, 9.17) is 0 Å². The SMILES string of the molecule is Cc1n[nH]c(C)c1CC(=O)NC[C@@H]1CCN(C2CCCCC2)C1. The molecule has 1 saturated heterocycles. The van der Waals surface area contributed by atoms with Crippen LogP contribution >= 0.6 is 0 Å². The molecule has 5 heteroatoms. The van der Waals surface area contributed by atoms with E-state index in [-0.39, 0.29) is 5.91 Å². The molecule has 0 aromatic carbocycles. The second-order valence-corrected chi connectivity index (χ2v) is 7.33. The fourth-order valence-electron chi connectivity index (χ4n) is 4.12. The van der Waals surface area contributed by atoms with Gasteiger partial charge < -0.3 is 10.2 Å². The Labute approximate surface area is 139 Å². The Balaban J connectivity index is 1.41. The van der Waals surface area contributed by atoms with E-state index in [1.54, 1.807) is 0 Å². The second-order valence-electron chi connectivity index (χ2n) is 7.33. The molecule has 2 N–H and O–H groups in total. The van der Waals surface area contributed by atoms with Crippen molar-refractivity contribution >= 4 is 5.91 Å². The zero-order chi connectivity index (χ0) is 16.2. The zero-order valence-corrected chi connectivity index (χ0v) is 14.5. The lowest BCUT2D eigenvalue weighted by molar-refractivity contribution is -0.120. The van der Waals surface area contributed by atoms with Crippen molar-refractivity contribution in [1.29, 1.82) is 0 Å². The zero-order valence-electron chi connectivity index (χ0n) is 14.5. The van der Waals surface area contributed by atoms with Crippen molar-refractivity contribution in [2.45, 2.75) is 64.8 Å². The van der Waals surface area contributed by atoms with E-state index in [0.29, 0.717) is 12.3 Å². The lowest BCUT2D eigenvalue weighted by Gasteiger charge is -2.31. The lowest BCUT2D eigenvalue weighted by atomic mass is 9.94. The van der Waals surface area contributed by atoms with Gasteiger partial charge in [-0.15, -0.1) is 0 Å². The lowest BCUT2D eigenvalue weighted by Crippen LogP contribution is -2.36. The number of nitrogens with one attached hydrogen (secondary N) is 2. The monoisotopic (exact) mass is 318 g/mol. The standard InChI is InChI=1S/C18H30N4O/c1-13-17(14(2)21-20-13)10-18(23)19-11-15-8-9-22(12-15)16-6-4-3-5-7-16/h15-16H,3-12H2,1-2H3,(H,19,23)(H,20,21)/t15-/m0/s1. The van der Waals surface area contributed by atoms with Crippen LogP contribution in [-0.4, -0.2) is 46.7 Å². The first kappa shape index (κ1) is 16.5. The van der Waals surface area contributed by atoms with Gasteiger partial charge in [0.05, 0.1) is 12.1 Å². The van der Waals surface area contributed by atoms with Gasteiger partial charge in [-0.25, -0.2) is 0 Å². The number of aryl methyl sites for hydroxylation is 2. The quantitative estimate of drug-likeness (QED) is 0.876. The number of carbonyl (C=O) groups excluding carboxylic acids is 1. The van der Waals surface area contributed by atoms with Gasteiger partial charge in [0, 0.05) is 30.4 Å². The fourth-order valence-corrected chi connectivity index (χ4v) is 4.12. The predicted octanol–water partition coefficient (Wildman–Crippen LogP) is 2.34. The molecule has 2 heterocycles. The highest BCUT2D eigenvalue weighted by molar-refractivity contribution is 5.79. The molecule has 1 atom stereocenters. The summed E-state index contributed by atoms with van der Waals surface area (Å²) in [6, 6.07) is 0.806. The Morgan fingerprint density at radius 1 is 1.26 bits per heavy atom. The minimum absolute atomic E-state index is 0.119. The average molecular weight is 318 g/mol. The number of aromatic nitrogens is 2. The largest absolute Gasteiger partial charge is 0.355 e. The van der Waals surface area contributed by atoms with Crippen molar-refractivity contribution in [3.05, 3.63) is 17.0 Å². The summed E-state index contributed by atoms with van der Waals surface area (Å²) in [5, 5.41) is 10.2. The van der Waals surface area contributed by atoms with Gasteiger partial charge in [-0.3, -0.25) is 9.89 Å². The van der Waals surface area contributed by atoms with Crippen molar-refractivity contribution in [3.63, 3.8) is 0 Å². The van der Waals surface area contributed by atoms with E-state index >= 15 is 0 Å². The van der Waals surface area contributed by atoms with E-state index in [1.165, 1.54) is 45.1 Å². The normalized spacial score (nSPS) is 23.3. The molecule has 2 aliphatic rings. The molecule has 1 amide bonds. The summed E-state index contributed by atoms with van der Waals surface area (Å²) in [5.41, 5.74) is 2.97. The molecule has 1 aliphatic carbocycles. The van der Waals surface area contributed by atoms with Gasteiger partial charge in [0.1, 0.15) is 0 Å². The molecule has 1 aromatic rings. The molecule has 2 fully saturated rings. The molecule has 0 spiro atoms. The molecule has 0 radical (unpaired) electrons. The maximum Gasteiger partial charge on any atom is 0.224 e. The molecule has 0 unspecified atom stereocenters. The average Bonchev–Trinajstić information content (AvgIpc) is 3.16. The third kappa shape index (κ3) is 4.14. The molecule has 0 bridgehead atoms. The Hall–Kier alpha value is -1.36. The summed E-state index contributed by atoms with van der Waals surface area (Å²) in [6.45, 7) is 7.12. The highest BCUT2D eigenvalue weighted by atomic mass is 16.1. The number of H-pyrrole nitrogens is 1. The van der Waals surface area contributed by atoms with Gasteiger partial charge in [0.25, 0.3) is 0 Å². The van der Waals surface area contributed by atoms with Crippen LogP contribution in [0.3, 0.4) is 0 Å². The smallest absolute Gasteiger partial charge is 0.224 e. The summed E-state index contributed by atoms with van der Waals surface area (Å²) in [6.07, 6.45) is 8.61. The molecule has 1 aromatic heterocycles. The molecule has 1 aliphatic heterocycles. The number of hydrogen-bond donors (Lipinski definition) is 2. The fraction of sp³-hybridized carbons (Fsp3) is 0.778. The highest BCUT2D eigenvalue weighted by Crippen LogP contribution is 2.27. The van der Waals surface area contributed by atoms with Crippen molar-refractivity contribution < 1.29 is 4.79 Å². The Kier molecular flexibility index (Phi) is 5.36. The van der Waals surface area contributed by atoms with E-state index in [1.807, 2.05) is 13.8 Å². The van der Waals surface area contributed by atoms with Crippen molar-refractivity contribution in [1.82, 2.24) is 20.4 Å². The van der Waals surface area contributed by atoms with Crippen LogP contribution in [0, 0.1) is 19.8 Å². The van der Waals surface area contributed by atoms with Crippen molar-refractivity contribution in [2.24, 2.45) is 5.92 Å². The van der Waals surface area contributed by atoms with Crippen molar-refractivity contribution in [3.8, 4) is 0 Å². The second kappa shape index (κ2) is 7.47. The van der Waals surface area contributed by atoms with E-state index < -0.39 is 0 Å². The maximum absolute atomic E-state index is 12.2. The topological polar surface area (TPSA) is 61.0 Å². The first-order valence-corrected chi connectivity index (χ1v) is 9.14. The van der Waals surface area contributed by atoms with E-state index in [9.17, 15) is 4.79 Å². The van der Waals surface area contributed by atoms with E-state index in [0.717, 1.165) is 36.1 Å². The predicted molar refractivity (Wildman–Crippen MR) is 91.3 cm³/mol. The molecule has 1 saturated carbocycles. The first-order chi connectivity index (χ1) is 11.1. The molecule has 3 rings (SSSR count). The molecule has 23 heavy (non-hydrogen) atoms. The summed E-state index contributed by atoms with van der Waals surface area (Å²) < 4.78 is 0. The minimum atomic E-state index is 0.119. The van der Waals surface area contributed by atoms with Crippen LogP contribution in [0.15, 0.2) is 0 Å². The van der Waals surface area contributed by atoms with Gasteiger partial charge in [-0.1, -0.05) is 19.3 Å². The number of amides is 1. The molecular weight excluding hydrogens is 288 g/mol. The number of aromatic amines is 1. The highest BCUT2D eigenvalue weighted by Gasteiger charge is 2.29. The number of likely N-dealkylation sites (tertiary alicyclic amines) is 1. The molecule has 128 valence electrons. The molecule has 5 nitrogen and oxygen atoms in total. The Bertz CT molecular complexity index is 514. The number of rotatable bonds is 5. The van der Waals surface area contributed by atoms with Crippen LogP contribution in [0.25, 0.3) is 0 Å². The summed E-state index contributed by atoms with van der Waals surface area (Å²) in [4.78, 5) is 14.9. The minimum Gasteiger partial charge on any atom is -0.355 e. The molecular formula is C18H30N4O. The summed E-state index contributed by atoms with van der Waals surface area (Å²) in [7, 11) is 0. The van der Waals surface area contributed by atoms with Gasteiger partial charge in [-0.05, 0) is 45.6 Å². The van der Waals surface area contributed by atoms with Crippen LogP contribution in [0.4, 0.5) is 0 Å². The van der Waals surface area contributed by atoms with Gasteiger partial charge in [-0.2, -0.15) is 5.10 Å². The third-order valence-electron chi connectivity index (χ3n) is 5.61. The van der Waals surface area contributed by atoms with Crippen LogP contribution in [-0.2, 0) is 11.2 Å². The van der Waals surface area contributed by atoms with Crippen LogP contribution < -0.4 is 5.32 Å². The van der Waals surface area contributed by atoms with Gasteiger partial charge >= 0.3 is 0 Å². The number of nitrogens with zero attached hydrogens (tertiary/aromatic N) is 2. The summed E-state index contributed by atoms with van der Waals surface area (Å²) in [5.74, 6) is 0.737. The Morgan fingerprint density at radius 3 is 2.74 bits per heavy atom. The van der Waals surface area contributed by atoms with Gasteiger partial charge in [0.2, 0.25) is 5.91 Å². The van der Waals surface area contributed by atoms with E-state index in [2.05, 4.69) is 20.4 Å². The maximum atomic E-state index is 12.2.